The molecule has 110 valence electrons. The van der Waals surface area contributed by atoms with E-state index in [1.165, 1.54) is 12.3 Å². The molecule has 0 aliphatic carbocycles. The van der Waals surface area contributed by atoms with E-state index in [9.17, 15) is 18.0 Å². The quantitative estimate of drug-likeness (QED) is 0.631. The minimum atomic E-state index is -3.00. The number of pyridine rings is 1. The van der Waals surface area contributed by atoms with E-state index in [0.29, 0.717) is 35.8 Å². The molecule has 8 heteroatoms. The van der Waals surface area contributed by atoms with E-state index < -0.39 is 12.7 Å². The number of anilines is 1. The molecule has 0 radical (unpaired) electrons. The summed E-state index contributed by atoms with van der Waals surface area (Å²) in [6, 6.07) is 1.49. The second-order valence-corrected chi connectivity index (χ2v) is 4.83. The molecule has 0 N–H and O–H groups in total. The average molecular weight is 308 g/mol. The van der Waals surface area contributed by atoms with Gasteiger partial charge in [-0.15, -0.1) is 0 Å². The molecule has 4 nitrogen and oxygen atoms in total. The molecular weight excluding hydrogens is 295 g/mol. The minimum absolute atomic E-state index is 0.166. The Bertz CT molecular complexity index is 481. The smallest absolute Gasteiger partial charge is 0.282 e. The second-order valence-electron chi connectivity index (χ2n) is 4.42. The molecular formula is C12H13ClF3N3O. The fourth-order valence-electron chi connectivity index (χ4n) is 2.08. The van der Waals surface area contributed by atoms with Crippen molar-refractivity contribution in [3.8, 4) is 0 Å². The normalized spacial score (nSPS) is 18.4. The number of carbonyl (C=O) groups is 1. The van der Waals surface area contributed by atoms with Gasteiger partial charge in [-0.3, -0.25) is 9.69 Å². The molecule has 2 heterocycles. The number of hydrogen-bond donors (Lipinski definition) is 0. The third-order valence-electron chi connectivity index (χ3n) is 3.15. The molecule has 1 saturated heterocycles. The summed E-state index contributed by atoms with van der Waals surface area (Å²) >= 11 is 6.02. The summed E-state index contributed by atoms with van der Waals surface area (Å²) in [5.41, 5.74) is 0.360. The molecule has 0 saturated carbocycles. The van der Waals surface area contributed by atoms with Gasteiger partial charge < -0.3 is 4.90 Å². The van der Waals surface area contributed by atoms with Crippen molar-refractivity contribution < 1.29 is 18.0 Å². The first-order chi connectivity index (χ1) is 9.52. The van der Waals surface area contributed by atoms with Crippen molar-refractivity contribution in [2.24, 2.45) is 0 Å². The Balaban J connectivity index is 2.02. The molecule has 1 fully saturated rings. The number of alkyl halides is 3. The Morgan fingerprint density at radius 3 is 2.40 bits per heavy atom. The minimum Gasteiger partial charge on any atom is -0.353 e. The van der Waals surface area contributed by atoms with Crippen LogP contribution in [0.3, 0.4) is 0 Å². The lowest BCUT2D eigenvalue weighted by atomic mass is 10.2. The third-order valence-corrected chi connectivity index (χ3v) is 3.43. The molecule has 20 heavy (non-hydrogen) atoms. The highest BCUT2D eigenvalue weighted by Gasteiger charge is 2.30. The van der Waals surface area contributed by atoms with Crippen molar-refractivity contribution in [2.75, 3.05) is 31.1 Å². The van der Waals surface area contributed by atoms with Gasteiger partial charge in [0.15, 0.2) is 6.29 Å². The average Bonchev–Trinajstić information content (AvgIpc) is 2.46. The van der Waals surface area contributed by atoms with Crippen LogP contribution in [0.1, 0.15) is 10.4 Å². The zero-order chi connectivity index (χ0) is 14.7. The number of halogens is 4. The fourth-order valence-corrected chi connectivity index (χ4v) is 2.38. The van der Waals surface area contributed by atoms with Gasteiger partial charge in [-0.25, -0.2) is 18.2 Å². The van der Waals surface area contributed by atoms with Crippen molar-refractivity contribution in [3.63, 3.8) is 0 Å². The van der Waals surface area contributed by atoms with Crippen LogP contribution in [0.4, 0.5) is 19.0 Å². The highest BCUT2D eigenvalue weighted by molar-refractivity contribution is 6.33. The first-order valence-corrected chi connectivity index (χ1v) is 6.42. The number of nitrogens with zero attached hydrogens (tertiary/aromatic N) is 3. The summed E-state index contributed by atoms with van der Waals surface area (Å²) in [6.07, 6.45) is -3.22. The van der Waals surface area contributed by atoms with Crippen LogP contribution in [0.2, 0.25) is 5.02 Å². The van der Waals surface area contributed by atoms with Crippen molar-refractivity contribution in [2.45, 2.75) is 12.7 Å². The van der Waals surface area contributed by atoms with Crippen LogP contribution in [-0.2, 0) is 0 Å². The Kier molecular flexibility index (Phi) is 4.82. The van der Waals surface area contributed by atoms with Gasteiger partial charge in [0.25, 0.3) is 6.43 Å². The van der Waals surface area contributed by atoms with Gasteiger partial charge in [0.2, 0.25) is 6.30 Å². The van der Waals surface area contributed by atoms with E-state index in [-0.39, 0.29) is 13.1 Å². The van der Waals surface area contributed by atoms with Gasteiger partial charge in [0, 0.05) is 37.9 Å². The molecule has 1 atom stereocenters. The van der Waals surface area contributed by atoms with E-state index >= 15 is 0 Å². The van der Waals surface area contributed by atoms with Crippen molar-refractivity contribution in [1.82, 2.24) is 9.88 Å². The summed E-state index contributed by atoms with van der Waals surface area (Å²) < 4.78 is 37.8. The number of aromatic nitrogens is 1. The summed E-state index contributed by atoms with van der Waals surface area (Å²) in [6.45, 7) is 1.03. The van der Waals surface area contributed by atoms with E-state index in [0.717, 1.165) is 4.90 Å². The second kappa shape index (κ2) is 6.41. The van der Waals surface area contributed by atoms with Gasteiger partial charge in [-0.2, -0.15) is 0 Å². The molecule has 2 rings (SSSR count). The number of hydrogen-bond acceptors (Lipinski definition) is 4. The predicted molar refractivity (Wildman–Crippen MR) is 69.3 cm³/mol. The van der Waals surface area contributed by atoms with Gasteiger partial charge in [0.05, 0.1) is 5.02 Å². The standard InChI is InChI=1S/C12H13ClF3N3O/c13-9-5-8(7-20)6-17-12(9)19-3-1-18(2-4-19)11(16)10(14)15/h5-7,10-11H,1-4H2. The van der Waals surface area contributed by atoms with E-state index in [1.54, 1.807) is 4.90 Å². The molecule has 0 bridgehead atoms. The lowest BCUT2D eigenvalue weighted by Gasteiger charge is -2.36. The summed E-state index contributed by atoms with van der Waals surface area (Å²) in [5.74, 6) is 0.476. The van der Waals surface area contributed by atoms with Gasteiger partial charge in [-0.05, 0) is 6.07 Å². The van der Waals surface area contributed by atoms with Gasteiger partial charge >= 0.3 is 0 Å². The highest BCUT2D eigenvalue weighted by Crippen LogP contribution is 2.25. The number of rotatable bonds is 4. The Labute approximate surface area is 119 Å². The van der Waals surface area contributed by atoms with E-state index in [2.05, 4.69) is 4.98 Å². The van der Waals surface area contributed by atoms with E-state index in [1.807, 2.05) is 0 Å². The maximum absolute atomic E-state index is 13.2. The van der Waals surface area contributed by atoms with Crippen LogP contribution in [0.5, 0.6) is 0 Å². The van der Waals surface area contributed by atoms with Crippen LogP contribution in [-0.4, -0.2) is 55.1 Å². The largest absolute Gasteiger partial charge is 0.353 e. The van der Waals surface area contributed by atoms with Crippen molar-refractivity contribution in [1.29, 1.82) is 0 Å². The SMILES string of the molecule is O=Cc1cnc(N2CCN(C(F)C(F)F)CC2)c(Cl)c1. The molecule has 1 aromatic heterocycles. The van der Waals surface area contributed by atoms with Crippen LogP contribution < -0.4 is 4.90 Å². The number of aldehydes is 1. The molecule has 1 aromatic rings. The monoisotopic (exact) mass is 307 g/mol. The first-order valence-electron chi connectivity index (χ1n) is 6.05. The lowest BCUT2D eigenvalue weighted by Crippen LogP contribution is -2.51. The molecule has 1 aliphatic heterocycles. The van der Waals surface area contributed by atoms with Gasteiger partial charge in [-0.1, -0.05) is 11.6 Å². The maximum atomic E-state index is 13.2. The Hall–Kier alpha value is -1.34. The zero-order valence-electron chi connectivity index (χ0n) is 10.5. The van der Waals surface area contributed by atoms with Crippen molar-refractivity contribution >= 4 is 23.7 Å². The third kappa shape index (κ3) is 3.21. The highest BCUT2D eigenvalue weighted by atomic mass is 35.5. The van der Waals surface area contributed by atoms with Crippen LogP contribution >= 0.6 is 11.6 Å². The van der Waals surface area contributed by atoms with Crippen molar-refractivity contribution in [3.05, 3.63) is 22.8 Å². The summed E-state index contributed by atoms with van der Waals surface area (Å²) in [4.78, 5) is 17.6. The topological polar surface area (TPSA) is 36.4 Å². The molecule has 0 spiro atoms. The van der Waals surface area contributed by atoms with Crippen LogP contribution in [0, 0.1) is 0 Å². The number of carbonyl (C=O) groups excluding carboxylic acids is 1. The molecule has 1 unspecified atom stereocenters. The van der Waals surface area contributed by atoms with Crippen LogP contribution in [0.15, 0.2) is 12.3 Å². The number of piperazine rings is 1. The Morgan fingerprint density at radius 2 is 1.90 bits per heavy atom. The van der Waals surface area contributed by atoms with Gasteiger partial charge in [0.1, 0.15) is 5.82 Å². The predicted octanol–water partition coefficient (Wildman–Crippen LogP) is 2.23. The fraction of sp³-hybridized carbons (Fsp3) is 0.500. The Morgan fingerprint density at radius 1 is 1.25 bits per heavy atom. The summed E-state index contributed by atoms with van der Waals surface area (Å²) in [7, 11) is 0. The van der Waals surface area contributed by atoms with Crippen LogP contribution in [0.25, 0.3) is 0 Å². The maximum Gasteiger partial charge on any atom is 0.282 e. The molecule has 0 amide bonds. The zero-order valence-corrected chi connectivity index (χ0v) is 11.2. The van der Waals surface area contributed by atoms with E-state index in [4.69, 9.17) is 11.6 Å². The summed E-state index contributed by atoms with van der Waals surface area (Å²) in [5, 5.41) is 0.314. The molecule has 1 aliphatic rings. The molecule has 0 aromatic carbocycles. The lowest BCUT2D eigenvalue weighted by molar-refractivity contribution is -0.0505. The first kappa shape index (κ1) is 15.1.